The number of rotatable bonds is 10. The van der Waals surface area contributed by atoms with Crippen molar-refractivity contribution in [2.75, 3.05) is 13.2 Å². The van der Waals surface area contributed by atoms with Gasteiger partial charge in [0.15, 0.2) is 0 Å². The Morgan fingerprint density at radius 3 is 2.85 bits per heavy atom. The summed E-state index contributed by atoms with van der Waals surface area (Å²) in [6.45, 7) is 1.16. The van der Waals surface area contributed by atoms with Crippen molar-refractivity contribution >= 4 is 11.8 Å². The number of carbonyl (C=O) groups excluding carboxylic acids is 1. The molecule has 0 spiro atoms. The zero-order chi connectivity index (χ0) is 19.2. The van der Waals surface area contributed by atoms with E-state index < -0.39 is 5.97 Å². The van der Waals surface area contributed by atoms with Crippen LogP contribution in [0.2, 0.25) is 0 Å². The maximum absolute atomic E-state index is 12.3. The third kappa shape index (κ3) is 5.17. The van der Waals surface area contributed by atoms with Crippen molar-refractivity contribution in [3.63, 3.8) is 0 Å². The van der Waals surface area contributed by atoms with E-state index in [1.165, 1.54) is 11.1 Å². The smallest absolute Gasteiger partial charge is 0.303 e. The summed E-state index contributed by atoms with van der Waals surface area (Å²) in [5, 5.41) is 18.7. The maximum atomic E-state index is 12.3. The van der Waals surface area contributed by atoms with Crippen molar-refractivity contribution in [1.29, 1.82) is 0 Å². The third-order valence-electron chi connectivity index (χ3n) is 6.07. The van der Waals surface area contributed by atoms with E-state index in [1.807, 2.05) is 12.1 Å². The van der Waals surface area contributed by atoms with Crippen molar-refractivity contribution in [2.24, 2.45) is 11.8 Å². The maximum Gasteiger partial charge on any atom is 0.303 e. The van der Waals surface area contributed by atoms with E-state index in [0.29, 0.717) is 31.8 Å². The average Bonchev–Trinajstić information content (AvgIpc) is 3.19. The molecule has 1 saturated carbocycles. The van der Waals surface area contributed by atoms with Gasteiger partial charge in [0.25, 0.3) is 0 Å². The van der Waals surface area contributed by atoms with Gasteiger partial charge in [-0.1, -0.05) is 18.2 Å². The molecule has 5 nitrogen and oxygen atoms in total. The molecule has 2 aliphatic rings. The normalized spacial score (nSPS) is 24.3. The molecule has 0 heterocycles. The SMILES string of the molecule is O=C(O)CCCCOC[C@H]1CCC(=O)[C@@H]1CCc1cccc2c1CCC2O. The quantitative estimate of drug-likeness (QED) is 0.613. The van der Waals surface area contributed by atoms with Gasteiger partial charge in [-0.25, -0.2) is 0 Å². The van der Waals surface area contributed by atoms with Crippen LogP contribution < -0.4 is 0 Å². The zero-order valence-corrected chi connectivity index (χ0v) is 15.9. The Hall–Kier alpha value is -1.72. The molecule has 148 valence electrons. The fraction of sp³-hybridized carbons (Fsp3) is 0.636. The number of carboxylic acid groups (broad SMARTS) is 1. The molecule has 0 amide bonds. The van der Waals surface area contributed by atoms with Crippen LogP contribution in [0.15, 0.2) is 18.2 Å². The number of ketones is 1. The zero-order valence-electron chi connectivity index (χ0n) is 15.9. The lowest BCUT2D eigenvalue weighted by molar-refractivity contribution is -0.137. The molecular formula is C22H30O5. The summed E-state index contributed by atoms with van der Waals surface area (Å²) in [4.78, 5) is 22.8. The summed E-state index contributed by atoms with van der Waals surface area (Å²) >= 11 is 0. The number of Topliss-reactive ketones (excluding diaryl/α,β-unsaturated/α-hetero) is 1. The molecular weight excluding hydrogens is 344 g/mol. The molecule has 1 aromatic carbocycles. The van der Waals surface area contributed by atoms with E-state index in [1.54, 1.807) is 0 Å². The molecule has 1 fully saturated rings. The predicted octanol–water partition coefficient (Wildman–Crippen LogP) is 3.47. The van der Waals surface area contributed by atoms with Crippen LogP contribution in [-0.4, -0.2) is 35.2 Å². The van der Waals surface area contributed by atoms with Gasteiger partial charge in [0.05, 0.1) is 12.7 Å². The molecule has 2 aliphatic carbocycles. The van der Waals surface area contributed by atoms with Crippen LogP contribution >= 0.6 is 0 Å². The van der Waals surface area contributed by atoms with Gasteiger partial charge in [-0.3, -0.25) is 9.59 Å². The number of ether oxygens (including phenoxy) is 1. The Kier molecular flexibility index (Phi) is 7.02. The summed E-state index contributed by atoms with van der Waals surface area (Å²) in [6.07, 6.45) is 6.21. The van der Waals surface area contributed by atoms with Crippen LogP contribution in [0.4, 0.5) is 0 Å². The molecule has 0 aliphatic heterocycles. The number of hydrogen-bond acceptors (Lipinski definition) is 4. The number of benzene rings is 1. The summed E-state index contributed by atoms with van der Waals surface area (Å²) in [6, 6.07) is 6.15. The van der Waals surface area contributed by atoms with Crippen molar-refractivity contribution in [3.8, 4) is 0 Å². The number of fused-ring (bicyclic) bond motifs is 1. The van der Waals surface area contributed by atoms with Crippen LogP contribution in [0.25, 0.3) is 0 Å². The highest BCUT2D eigenvalue weighted by molar-refractivity contribution is 5.83. The largest absolute Gasteiger partial charge is 0.481 e. The molecule has 5 heteroatoms. The number of carbonyl (C=O) groups is 2. The molecule has 0 saturated heterocycles. The molecule has 3 rings (SSSR count). The second-order valence-corrected chi connectivity index (χ2v) is 7.88. The Bertz CT molecular complexity index is 669. The van der Waals surface area contributed by atoms with Crippen LogP contribution in [0.5, 0.6) is 0 Å². The van der Waals surface area contributed by atoms with E-state index >= 15 is 0 Å². The van der Waals surface area contributed by atoms with Gasteiger partial charge in [0, 0.05) is 25.4 Å². The van der Waals surface area contributed by atoms with Gasteiger partial charge in [0.2, 0.25) is 0 Å². The Morgan fingerprint density at radius 1 is 1.19 bits per heavy atom. The number of aliphatic hydroxyl groups is 1. The fourth-order valence-corrected chi connectivity index (χ4v) is 4.54. The van der Waals surface area contributed by atoms with Gasteiger partial charge in [0.1, 0.15) is 5.78 Å². The van der Waals surface area contributed by atoms with Gasteiger partial charge in [-0.15, -0.1) is 0 Å². The second-order valence-electron chi connectivity index (χ2n) is 7.88. The van der Waals surface area contributed by atoms with Crippen molar-refractivity contribution in [2.45, 2.75) is 63.9 Å². The molecule has 27 heavy (non-hydrogen) atoms. The Morgan fingerprint density at radius 2 is 2.04 bits per heavy atom. The first kappa shape index (κ1) is 20.0. The van der Waals surface area contributed by atoms with Crippen molar-refractivity contribution in [1.82, 2.24) is 0 Å². The lowest BCUT2D eigenvalue weighted by Gasteiger charge is -2.19. The van der Waals surface area contributed by atoms with E-state index in [2.05, 4.69) is 6.07 Å². The predicted molar refractivity (Wildman–Crippen MR) is 102 cm³/mol. The summed E-state index contributed by atoms with van der Waals surface area (Å²) < 4.78 is 5.74. The second kappa shape index (κ2) is 9.47. The van der Waals surface area contributed by atoms with Gasteiger partial charge in [-0.2, -0.15) is 0 Å². The van der Waals surface area contributed by atoms with Crippen LogP contribution in [0, 0.1) is 11.8 Å². The minimum atomic E-state index is -0.767. The van der Waals surface area contributed by atoms with Gasteiger partial charge >= 0.3 is 5.97 Å². The van der Waals surface area contributed by atoms with Crippen LogP contribution in [0.1, 0.15) is 67.7 Å². The number of aliphatic carboxylic acids is 1. The topological polar surface area (TPSA) is 83.8 Å². The summed E-state index contributed by atoms with van der Waals surface area (Å²) in [5.74, 6) is -0.0796. The molecule has 0 bridgehead atoms. The molecule has 0 radical (unpaired) electrons. The standard InChI is InChI=1S/C22H30O5/c23-20-11-8-16(14-27-13-2-1-6-22(25)26)18(20)9-7-15-4-3-5-19-17(15)10-12-21(19)24/h3-5,16,18,21,24H,1-2,6-14H2,(H,25,26)/t16-,18-,21?/m1/s1. The number of aliphatic hydroxyl groups excluding tert-OH is 1. The molecule has 2 N–H and O–H groups in total. The first-order chi connectivity index (χ1) is 13.1. The van der Waals surface area contributed by atoms with Gasteiger partial charge < -0.3 is 14.9 Å². The highest BCUT2D eigenvalue weighted by Gasteiger charge is 2.34. The Balaban J connectivity index is 1.47. The molecule has 1 aromatic rings. The van der Waals surface area contributed by atoms with Crippen LogP contribution in [0.3, 0.4) is 0 Å². The molecule has 3 atom stereocenters. The summed E-state index contributed by atoms with van der Waals surface area (Å²) in [7, 11) is 0. The first-order valence-corrected chi connectivity index (χ1v) is 10.2. The molecule has 1 unspecified atom stereocenters. The van der Waals surface area contributed by atoms with E-state index in [9.17, 15) is 14.7 Å². The lowest BCUT2D eigenvalue weighted by Crippen LogP contribution is -2.20. The van der Waals surface area contributed by atoms with Gasteiger partial charge in [-0.05, 0) is 67.6 Å². The Labute approximate surface area is 160 Å². The van der Waals surface area contributed by atoms with E-state index in [0.717, 1.165) is 44.1 Å². The minimum absolute atomic E-state index is 0.0613. The number of hydrogen-bond donors (Lipinski definition) is 2. The highest BCUT2D eigenvalue weighted by Crippen LogP contribution is 2.36. The minimum Gasteiger partial charge on any atom is -0.481 e. The molecule has 0 aromatic heterocycles. The monoisotopic (exact) mass is 374 g/mol. The number of aryl methyl sites for hydroxylation is 1. The summed E-state index contributed by atoms with van der Waals surface area (Å²) in [5.41, 5.74) is 3.62. The highest BCUT2D eigenvalue weighted by atomic mass is 16.5. The van der Waals surface area contributed by atoms with Crippen molar-refractivity contribution < 1.29 is 24.5 Å². The van der Waals surface area contributed by atoms with E-state index in [-0.39, 0.29) is 24.4 Å². The van der Waals surface area contributed by atoms with Crippen molar-refractivity contribution in [3.05, 3.63) is 34.9 Å². The fourth-order valence-electron chi connectivity index (χ4n) is 4.54. The average molecular weight is 374 g/mol. The third-order valence-corrected chi connectivity index (χ3v) is 6.07. The van der Waals surface area contributed by atoms with Crippen LogP contribution in [-0.2, 0) is 27.2 Å². The number of carboxylic acids is 1. The van der Waals surface area contributed by atoms with E-state index in [4.69, 9.17) is 9.84 Å². The first-order valence-electron chi connectivity index (χ1n) is 10.2. The number of unbranched alkanes of at least 4 members (excludes halogenated alkanes) is 1. The lowest BCUT2D eigenvalue weighted by atomic mass is 9.88.